The number of anilines is 1. The van der Waals surface area contributed by atoms with Crippen LogP contribution >= 0.6 is 11.3 Å². The minimum absolute atomic E-state index is 0.0231. The second-order valence-electron chi connectivity index (χ2n) is 7.87. The monoisotopic (exact) mass is 448 g/mol. The van der Waals surface area contributed by atoms with E-state index in [0.29, 0.717) is 19.5 Å². The van der Waals surface area contributed by atoms with Crippen molar-refractivity contribution in [3.05, 3.63) is 46.7 Å². The minimum Gasteiger partial charge on any atom is -0.312 e. The highest BCUT2D eigenvalue weighted by molar-refractivity contribution is 7.89. The van der Waals surface area contributed by atoms with E-state index in [1.165, 1.54) is 4.88 Å². The third-order valence-corrected chi connectivity index (χ3v) is 8.26. The van der Waals surface area contributed by atoms with Gasteiger partial charge in [-0.15, -0.1) is 11.3 Å². The third-order valence-electron chi connectivity index (χ3n) is 5.85. The molecule has 1 N–H and O–H groups in total. The molecule has 0 aliphatic carbocycles. The molecular weight excluding hydrogens is 420 g/mol. The Morgan fingerprint density at radius 1 is 1.07 bits per heavy atom. The molecule has 1 atom stereocenters. The van der Waals surface area contributed by atoms with Gasteiger partial charge < -0.3 is 9.80 Å². The van der Waals surface area contributed by atoms with Gasteiger partial charge in [-0.2, -0.15) is 0 Å². The molecule has 9 heteroatoms. The number of likely N-dealkylation sites (N-methyl/N-ethyl adjacent to an activating group) is 1. The van der Waals surface area contributed by atoms with Gasteiger partial charge in [-0.1, -0.05) is 6.07 Å². The van der Waals surface area contributed by atoms with Gasteiger partial charge in [0.2, 0.25) is 15.9 Å². The number of amides is 1. The first kappa shape index (κ1) is 21.5. The summed E-state index contributed by atoms with van der Waals surface area (Å²) in [6, 6.07) is 10.7. The number of hydrogen-bond acceptors (Lipinski definition) is 6. The zero-order valence-electron chi connectivity index (χ0n) is 17.2. The normalized spacial score (nSPS) is 20.0. The lowest BCUT2D eigenvalue weighted by atomic mass is 10.2. The summed E-state index contributed by atoms with van der Waals surface area (Å²) in [5.41, 5.74) is 0.755. The third kappa shape index (κ3) is 4.76. The number of benzene rings is 1. The highest BCUT2D eigenvalue weighted by Crippen LogP contribution is 2.27. The molecule has 0 spiro atoms. The predicted octanol–water partition coefficient (Wildman–Crippen LogP) is 2.14. The molecule has 1 aromatic carbocycles. The maximum atomic E-state index is 12.9. The van der Waals surface area contributed by atoms with Crippen LogP contribution in [0.2, 0.25) is 0 Å². The highest BCUT2D eigenvalue weighted by atomic mass is 32.2. The molecule has 0 radical (unpaired) electrons. The molecule has 2 saturated heterocycles. The quantitative estimate of drug-likeness (QED) is 0.703. The van der Waals surface area contributed by atoms with Crippen LogP contribution in [0.4, 0.5) is 5.69 Å². The number of carbonyl (C=O) groups excluding carboxylic acids is 1. The number of rotatable bonds is 7. The van der Waals surface area contributed by atoms with Crippen molar-refractivity contribution < 1.29 is 13.2 Å². The van der Waals surface area contributed by atoms with Crippen molar-refractivity contribution in [2.24, 2.45) is 0 Å². The summed E-state index contributed by atoms with van der Waals surface area (Å²) >= 11 is 1.66. The van der Waals surface area contributed by atoms with Gasteiger partial charge in [0.05, 0.1) is 10.9 Å². The minimum atomic E-state index is -3.64. The lowest BCUT2D eigenvalue weighted by molar-refractivity contribution is -0.117. The van der Waals surface area contributed by atoms with Crippen molar-refractivity contribution in [3.63, 3.8) is 0 Å². The van der Waals surface area contributed by atoms with Gasteiger partial charge in [-0.05, 0) is 49.2 Å². The first-order valence-corrected chi connectivity index (χ1v) is 12.7. The smallest absolute Gasteiger partial charge is 0.240 e. The average molecular weight is 449 g/mol. The van der Waals surface area contributed by atoms with E-state index < -0.39 is 10.0 Å². The van der Waals surface area contributed by atoms with E-state index in [1.807, 2.05) is 11.4 Å². The zero-order valence-corrected chi connectivity index (χ0v) is 18.8. The Morgan fingerprint density at radius 2 is 1.80 bits per heavy atom. The van der Waals surface area contributed by atoms with Crippen LogP contribution in [0.15, 0.2) is 46.7 Å². The summed E-state index contributed by atoms with van der Waals surface area (Å²) in [6.45, 7) is 4.81. The Kier molecular flexibility index (Phi) is 6.54. The van der Waals surface area contributed by atoms with Gasteiger partial charge in [0.25, 0.3) is 0 Å². The SMILES string of the molecule is CN1CCN([C@@H](CNS(=O)(=O)c2ccc(N3CCCC3=O)cc2)c2cccs2)CC1. The van der Waals surface area contributed by atoms with E-state index >= 15 is 0 Å². The first-order valence-electron chi connectivity index (χ1n) is 10.3. The standard InChI is InChI=1S/C21H28N4O3S2/c1-23-11-13-24(14-12-23)19(20-4-3-15-29-20)16-22-30(27,28)18-8-6-17(7-9-18)25-10-2-5-21(25)26/h3-4,6-9,15,19,22H,2,5,10-14,16H2,1H3/t19-/m0/s1. The van der Waals surface area contributed by atoms with Crippen LogP contribution in [-0.4, -0.2) is 70.4 Å². The van der Waals surface area contributed by atoms with Crippen molar-refractivity contribution in [2.45, 2.75) is 23.8 Å². The summed E-state index contributed by atoms with van der Waals surface area (Å²) in [4.78, 5) is 19.7. The maximum Gasteiger partial charge on any atom is 0.240 e. The molecule has 2 fully saturated rings. The van der Waals surface area contributed by atoms with Crippen LogP contribution in [0.3, 0.4) is 0 Å². The molecule has 3 heterocycles. The zero-order chi connectivity index (χ0) is 21.1. The molecule has 0 bridgehead atoms. The van der Waals surface area contributed by atoms with E-state index in [2.05, 4.69) is 27.6 Å². The van der Waals surface area contributed by atoms with Gasteiger partial charge in [0.15, 0.2) is 0 Å². The van der Waals surface area contributed by atoms with Gasteiger partial charge in [0, 0.05) is 56.3 Å². The molecule has 0 saturated carbocycles. The molecule has 30 heavy (non-hydrogen) atoms. The van der Waals surface area contributed by atoms with Gasteiger partial charge in [0.1, 0.15) is 0 Å². The van der Waals surface area contributed by atoms with Crippen molar-refractivity contribution in [1.29, 1.82) is 0 Å². The second kappa shape index (κ2) is 9.15. The molecule has 162 valence electrons. The number of nitrogens with zero attached hydrogens (tertiary/aromatic N) is 3. The van der Waals surface area contributed by atoms with Crippen LogP contribution in [0.25, 0.3) is 0 Å². The maximum absolute atomic E-state index is 12.9. The van der Waals surface area contributed by atoms with Crippen molar-refractivity contribution in [3.8, 4) is 0 Å². The number of hydrogen-bond donors (Lipinski definition) is 1. The Balaban J connectivity index is 1.45. The Hall–Kier alpha value is -1.78. The molecule has 4 rings (SSSR count). The van der Waals surface area contributed by atoms with Gasteiger partial charge in [-0.3, -0.25) is 9.69 Å². The number of piperazine rings is 1. The van der Waals surface area contributed by atoms with Crippen LogP contribution in [-0.2, 0) is 14.8 Å². The molecule has 0 unspecified atom stereocenters. The largest absolute Gasteiger partial charge is 0.312 e. The van der Waals surface area contributed by atoms with Crippen molar-refractivity contribution in [1.82, 2.24) is 14.5 Å². The lowest BCUT2D eigenvalue weighted by Crippen LogP contribution is -2.48. The topological polar surface area (TPSA) is 73.0 Å². The van der Waals surface area contributed by atoms with Crippen LogP contribution in [0.5, 0.6) is 0 Å². The average Bonchev–Trinajstić information content (AvgIpc) is 3.42. The number of carbonyl (C=O) groups is 1. The van der Waals surface area contributed by atoms with Crippen LogP contribution < -0.4 is 9.62 Å². The number of thiophene rings is 1. The summed E-state index contributed by atoms with van der Waals surface area (Å²) in [6.07, 6.45) is 1.40. The van der Waals surface area contributed by atoms with E-state index in [9.17, 15) is 13.2 Å². The fourth-order valence-electron chi connectivity index (χ4n) is 4.02. The fraction of sp³-hybridized carbons (Fsp3) is 0.476. The van der Waals surface area contributed by atoms with Gasteiger partial charge in [-0.25, -0.2) is 13.1 Å². The number of sulfonamides is 1. The summed E-state index contributed by atoms with van der Waals surface area (Å²) in [7, 11) is -1.52. The Bertz CT molecular complexity index is 953. The molecule has 1 aromatic heterocycles. The number of nitrogens with one attached hydrogen (secondary N) is 1. The van der Waals surface area contributed by atoms with E-state index in [4.69, 9.17) is 0 Å². The molecule has 2 aliphatic rings. The fourth-order valence-corrected chi connectivity index (χ4v) is 5.92. The van der Waals surface area contributed by atoms with Gasteiger partial charge >= 0.3 is 0 Å². The molecule has 1 amide bonds. The highest BCUT2D eigenvalue weighted by Gasteiger charge is 2.27. The van der Waals surface area contributed by atoms with E-state index in [1.54, 1.807) is 40.5 Å². The van der Waals surface area contributed by atoms with E-state index in [-0.39, 0.29) is 16.8 Å². The molecule has 2 aliphatic heterocycles. The Labute approximate surface area is 182 Å². The summed E-state index contributed by atoms with van der Waals surface area (Å²) in [5.74, 6) is 0.0923. The summed E-state index contributed by atoms with van der Waals surface area (Å²) in [5, 5.41) is 2.03. The molecule has 7 nitrogen and oxygen atoms in total. The molecular formula is C21H28N4O3S2. The molecule has 2 aromatic rings. The summed E-state index contributed by atoms with van der Waals surface area (Å²) < 4.78 is 28.7. The second-order valence-corrected chi connectivity index (χ2v) is 10.6. The Morgan fingerprint density at radius 3 is 2.40 bits per heavy atom. The predicted molar refractivity (Wildman–Crippen MR) is 119 cm³/mol. The lowest BCUT2D eigenvalue weighted by Gasteiger charge is -2.37. The first-order chi connectivity index (χ1) is 14.4. The van der Waals surface area contributed by atoms with E-state index in [0.717, 1.165) is 38.3 Å². The van der Waals surface area contributed by atoms with Crippen molar-refractivity contribution >= 4 is 33.0 Å². The van der Waals surface area contributed by atoms with Crippen LogP contribution in [0.1, 0.15) is 23.8 Å². The van der Waals surface area contributed by atoms with Crippen molar-refractivity contribution in [2.75, 3.05) is 51.2 Å². The van der Waals surface area contributed by atoms with Crippen LogP contribution in [0, 0.1) is 0 Å².